The zero-order valence-electron chi connectivity index (χ0n) is 20.4. The monoisotopic (exact) mass is 506 g/mol. The minimum Gasteiger partial charge on any atom is -0.486 e. The van der Waals surface area contributed by atoms with Crippen LogP contribution in [0.15, 0.2) is 72.8 Å². The summed E-state index contributed by atoms with van der Waals surface area (Å²) in [6, 6.07) is 22.3. The zero-order chi connectivity index (χ0) is 25.3. The van der Waals surface area contributed by atoms with E-state index in [2.05, 4.69) is 5.32 Å². The Hall–Kier alpha value is -3.51. The number of fused-ring (bicyclic) bond motifs is 1. The van der Waals surface area contributed by atoms with Gasteiger partial charge in [-0.3, -0.25) is 9.59 Å². The fourth-order valence-corrected chi connectivity index (χ4v) is 4.49. The van der Waals surface area contributed by atoms with Crippen LogP contribution >= 0.6 is 11.6 Å². The summed E-state index contributed by atoms with van der Waals surface area (Å²) in [4.78, 5) is 28.6. The molecule has 0 fully saturated rings. The fourth-order valence-electron chi connectivity index (χ4n) is 4.29. The quantitative estimate of drug-likeness (QED) is 0.428. The lowest BCUT2D eigenvalue weighted by Gasteiger charge is -2.32. The van der Waals surface area contributed by atoms with Gasteiger partial charge in [-0.05, 0) is 48.2 Å². The molecule has 3 aromatic rings. The van der Waals surface area contributed by atoms with E-state index in [1.807, 2.05) is 73.7 Å². The van der Waals surface area contributed by atoms with Crippen molar-refractivity contribution in [3.05, 3.63) is 94.5 Å². The highest BCUT2D eigenvalue weighted by Crippen LogP contribution is 2.31. The predicted molar refractivity (Wildman–Crippen MR) is 140 cm³/mol. The van der Waals surface area contributed by atoms with E-state index >= 15 is 0 Å². The van der Waals surface area contributed by atoms with Gasteiger partial charge in [-0.15, -0.1) is 0 Å². The van der Waals surface area contributed by atoms with E-state index in [1.165, 1.54) is 0 Å². The summed E-state index contributed by atoms with van der Waals surface area (Å²) < 4.78 is 11.3. The number of aryl methyl sites for hydroxylation is 1. The molecule has 2 amide bonds. The van der Waals surface area contributed by atoms with Crippen molar-refractivity contribution in [1.82, 2.24) is 10.2 Å². The summed E-state index contributed by atoms with van der Waals surface area (Å²) in [5, 5.41) is 3.48. The Balaban J connectivity index is 1.58. The van der Waals surface area contributed by atoms with Crippen molar-refractivity contribution in [3.8, 4) is 11.5 Å². The summed E-state index contributed by atoms with van der Waals surface area (Å²) in [7, 11) is 0. The Bertz CT molecular complexity index is 1180. The van der Waals surface area contributed by atoms with Gasteiger partial charge in [0.25, 0.3) is 0 Å². The minimum absolute atomic E-state index is 0.114. The maximum Gasteiger partial charge on any atom is 0.243 e. The Kier molecular flexibility index (Phi) is 8.85. The maximum absolute atomic E-state index is 13.7. The normalized spacial score (nSPS) is 13.1. The van der Waals surface area contributed by atoms with Crippen molar-refractivity contribution in [3.63, 3.8) is 0 Å². The molecule has 4 rings (SSSR count). The average molecular weight is 507 g/mol. The van der Waals surface area contributed by atoms with Crippen molar-refractivity contribution >= 4 is 23.4 Å². The number of ether oxygens (including phenoxy) is 2. The highest BCUT2D eigenvalue weighted by molar-refractivity contribution is 6.31. The van der Waals surface area contributed by atoms with Gasteiger partial charge in [0, 0.05) is 31.0 Å². The number of benzene rings is 3. The van der Waals surface area contributed by atoms with Crippen LogP contribution in [-0.4, -0.2) is 42.5 Å². The van der Waals surface area contributed by atoms with Crippen LogP contribution in [0.2, 0.25) is 5.02 Å². The molecule has 0 aliphatic carbocycles. The summed E-state index contributed by atoms with van der Waals surface area (Å²) in [5.41, 5.74) is 2.76. The van der Waals surface area contributed by atoms with E-state index in [1.54, 1.807) is 11.0 Å². The molecule has 0 aromatic heterocycles. The van der Waals surface area contributed by atoms with Crippen molar-refractivity contribution in [2.24, 2.45) is 0 Å². The number of carbonyl (C=O) groups is 2. The van der Waals surface area contributed by atoms with E-state index in [0.717, 1.165) is 22.4 Å². The molecule has 0 unspecified atom stereocenters. The maximum atomic E-state index is 13.7. The van der Waals surface area contributed by atoms with Gasteiger partial charge in [0.15, 0.2) is 11.5 Å². The topological polar surface area (TPSA) is 67.9 Å². The number of halogens is 1. The lowest BCUT2D eigenvalue weighted by Crippen LogP contribution is -2.50. The number of carbonyl (C=O) groups excluding carboxylic acids is 2. The third-order valence-electron chi connectivity index (χ3n) is 6.15. The first-order chi connectivity index (χ1) is 17.5. The number of amides is 2. The molecule has 0 radical (unpaired) electrons. The fraction of sp³-hybridized carbons (Fsp3) is 0.310. The van der Waals surface area contributed by atoms with Gasteiger partial charge in [-0.25, -0.2) is 0 Å². The van der Waals surface area contributed by atoms with Crippen LogP contribution in [0.5, 0.6) is 11.5 Å². The van der Waals surface area contributed by atoms with Gasteiger partial charge in [-0.2, -0.15) is 0 Å². The highest BCUT2D eigenvalue weighted by atomic mass is 35.5. The van der Waals surface area contributed by atoms with Crippen LogP contribution in [0.25, 0.3) is 0 Å². The number of likely N-dealkylation sites (N-methyl/N-ethyl adjacent to an activating group) is 1. The predicted octanol–water partition coefficient (Wildman–Crippen LogP) is 4.82. The summed E-state index contributed by atoms with van der Waals surface area (Å²) >= 11 is 6.45. The molecule has 7 heteroatoms. The van der Waals surface area contributed by atoms with Crippen LogP contribution < -0.4 is 14.8 Å². The van der Waals surface area contributed by atoms with Crippen molar-refractivity contribution in [2.75, 3.05) is 19.8 Å². The molecule has 0 spiro atoms. The van der Waals surface area contributed by atoms with Crippen LogP contribution in [-0.2, 0) is 29.0 Å². The number of hydrogen-bond acceptors (Lipinski definition) is 4. The van der Waals surface area contributed by atoms with Gasteiger partial charge in [0.1, 0.15) is 19.3 Å². The molecule has 36 heavy (non-hydrogen) atoms. The average Bonchev–Trinajstić information content (AvgIpc) is 2.91. The molecule has 6 nitrogen and oxygen atoms in total. The second kappa shape index (κ2) is 12.5. The standard InChI is InChI=1S/C29H31ClN2O4/c1-2-31-29(34)25(18-21-8-4-3-5-9-21)32(20-23-10-6-7-11-24(23)30)28(33)15-13-22-12-14-26-27(19-22)36-17-16-35-26/h3-12,14,19,25H,2,13,15-18,20H2,1H3,(H,31,34)/t25-/m1/s1. The van der Waals surface area contributed by atoms with Crippen molar-refractivity contribution < 1.29 is 19.1 Å². The molecule has 0 bridgehead atoms. The smallest absolute Gasteiger partial charge is 0.243 e. The molecule has 1 atom stereocenters. The molecule has 1 N–H and O–H groups in total. The largest absolute Gasteiger partial charge is 0.486 e. The van der Waals surface area contributed by atoms with E-state index in [-0.39, 0.29) is 24.8 Å². The van der Waals surface area contributed by atoms with E-state index < -0.39 is 6.04 Å². The molecular weight excluding hydrogens is 476 g/mol. The van der Waals surface area contributed by atoms with E-state index in [4.69, 9.17) is 21.1 Å². The Morgan fingerprint density at radius 3 is 2.42 bits per heavy atom. The van der Waals surface area contributed by atoms with Gasteiger partial charge in [0.05, 0.1) is 0 Å². The zero-order valence-corrected chi connectivity index (χ0v) is 21.2. The highest BCUT2D eigenvalue weighted by Gasteiger charge is 2.30. The van der Waals surface area contributed by atoms with Crippen molar-refractivity contribution in [1.29, 1.82) is 0 Å². The first kappa shape index (κ1) is 25.6. The van der Waals surface area contributed by atoms with Gasteiger partial charge in [0.2, 0.25) is 11.8 Å². The van der Waals surface area contributed by atoms with E-state index in [9.17, 15) is 9.59 Å². The SMILES string of the molecule is CCNC(=O)[C@@H](Cc1ccccc1)N(Cc1ccccc1Cl)C(=O)CCc1ccc2c(c1)OCCO2. The molecule has 1 aliphatic heterocycles. The number of hydrogen-bond donors (Lipinski definition) is 1. The van der Waals surface area contributed by atoms with Crippen LogP contribution in [0, 0.1) is 0 Å². The Labute approximate surface area is 217 Å². The van der Waals surface area contributed by atoms with Gasteiger partial charge < -0.3 is 19.7 Å². The third-order valence-corrected chi connectivity index (χ3v) is 6.52. The number of nitrogens with one attached hydrogen (secondary N) is 1. The van der Waals surface area contributed by atoms with Crippen LogP contribution in [0.3, 0.4) is 0 Å². The third kappa shape index (κ3) is 6.58. The molecule has 0 saturated carbocycles. The second-order valence-corrected chi connectivity index (χ2v) is 9.10. The molecule has 3 aromatic carbocycles. The van der Waals surface area contributed by atoms with Crippen LogP contribution in [0.1, 0.15) is 30.0 Å². The first-order valence-electron chi connectivity index (χ1n) is 12.3. The number of nitrogens with zero attached hydrogens (tertiary/aromatic N) is 1. The second-order valence-electron chi connectivity index (χ2n) is 8.69. The number of rotatable bonds is 10. The molecule has 1 aliphatic rings. The van der Waals surface area contributed by atoms with Crippen LogP contribution in [0.4, 0.5) is 0 Å². The summed E-state index contributed by atoms with van der Waals surface area (Å²) in [5.74, 6) is 1.12. The van der Waals surface area contributed by atoms with Crippen molar-refractivity contribution in [2.45, 2.75) is 38.8 Å². The molecule has 188 valence electrons. The lowest BCUT2D eigenvalue weighted by molar-refractivity contribution is -0.141. The summed E-state index contributed by atoms with van der Waals surface area (Å²) in [6.07, 6.45) is 1.17. The molecule has 1 heterocycles. The minimum atomic E-state index is -0.670. The van der Waals surface area contributed by atoms with E-state index in [0.29, 0.717) is 43.4 Å². The van der Waals surface area contributed by atoms with Gasteiger partial charge in [-0.1, -0.05) is 66.2 Å². The Morgan fingerprint density at radius 1 is 0.944 bits per heavy atom. The lowest BCUT2D eigenvalue weighted by atomic mass is 10.0. The molecule has 0 saturated heterocycles. The Morgan fingerprint density at radius 2 is 1.67 bits per heavy atom. The first-order valence-corrected chi connectivity index (χ1v) is 12.7. The van der Waals surface area contributed by atoms with Gasteiger partial charge >= 0.3 is 0 Å². The summed E-state index contributed by atoms with van der Waals surface area (Å²) in [6.45, 7) is 3.64. The molecular formula is C29H31ClN2O4.